The van der Waals surface area contributed by atoms with Gasteiger partial charge in [-0.05, 0) is 23.1 Å². The predicted octanol–water partition coefficient (Wildman–Crippen LogP) is 3.51. The average Bonchev–Trinajstić information content (AvgIpc) is 2.27. The summed E-state index contributed by atoms with van der Waals surface area (Å²) < 4.78 is 0. The molecule has 2 aliphatic rings. The molecule has 0 aromatic heterocycles. The first kappa shape index (κ1) is 6.20. The lowest BCUT2D eigenvalue weighted by Crippen LogP contribution is -1.62. The van der Waals surface area contributed by atoms with E-state index in [0.29, 0.717) is 0 Å². The fourth-order valence-corrected chi connectivity index (χ4v) is 2.01. The van der Waals surface area contributed by atoms with Crippen molar-refractivity contribution in [3.8, 4) is 10.4 Å². The second-order valence-electron chi connectivity index (χ2n) is 2.11. The molecule has 2 rings (SSSR count). The third-order valence-electron chi connectivity index (χ3n) is 1.40. The molecule has 0 aromatic rings. The second-order valence-corrected chi connectivity index (χ2v) is 3.49. The predicted molar refractivity (Wildman–Crippen MR) is 46.0 cm³/mol. The van der Waals surface area contributed by atoms with Gasteiger partial charge in [-0.3, -0.25) is 0 Å². The van der Waals surface area contributed by atoms with Gasteiger partial charge in [-0.25, -0.2) is 0 Å². The highest BCUT2D eigenvalue weighted by Crippen LogP contribution is 2.31. The van der Waals surface area contributed by atoms with E-state index in [1.54, 1.807) is 11.3 Å². The maximum absolute atomic E-state index is 5.79. The Hall–Kier alpha value is -0.530. The molecule has 0 radical (unpaired) electrons. The summed E-state index contributed by atoms with van der Waals surface area (Å²) in [6.07, 6.45) is 0. The Morgan fingerprint density at radius 3 is 3.00 bits per heavy atom. The summed E-state index contributed by atoms with van der Waals surface area (Å²) in [4.78, 5) is 1.26. The maximum Gasteiger partial charge on any atom is 0.0426 e. The van der Waals surface area contributed by atoms with Gasteiger partial charge in [0.15, 0.2) is 0 Å². The van der Waals surface area contributed by atoms with Crippen molar-refractivity contribution in [2.24, 2.45) is 0 Å². The minimum Gasteiger partial charge on any atom is -0.144 e. The Kier molecular flexibility index (Phi) is 1.40. The minimum atomic E-state index is 0.831. The zero-order valence-corrected chi connectivity index (χ0v) is 6.75. The molecule has 0 aromatic carbocycles. The van der Waals surface area contributed by atoms with Gasteiger partial charge in [-0.2, -0.15) is 0 Å². The van der Waals surface area contributed by atoms with Crippen molar-refractivity contribution in [3.05, 3.63) is 34.7 Å². The van der Waals surface area contributed by atoms with Gasteiger partial charge in [0, 0.05) is 9.90 Å². The van der Waals surface area contributed by atoms with Crippen LogP contribution in [0.15, 0.2) is 29.6 Å². The van der Waals surface area contributed by atoms with E-state index in [0.717, 1.165) is 5.02 Å². The van der Waals surface area contributed by atoms with Crippen molar-refractivity contribution in [1.82, 2.24) is 0 Å². The summed E-state index contributed by atoms with van der Waals surface area (Å²) in [6.45, 7) is 0. The van der Waals surface area contributed by atoms with Crippen molar-refractivity contribution in [2.45, 2.75) is 0 Å². The van der Waals surface area contributed by atoms with Gasteiger partial charge >= 0.3 is 0 Å². The summed E-state index contributed by atoms with van der Waals surface area (Å²) in [6, 6.07) is 8.07. The van der Waals surface area contributed by atoms with Gasteiger partial charge in [0.2, 0.25) is 0 Å². The lowest BCUT2D eigenvalue weighted by molar-refractivity contribution is 1.85. The van der Waals surface area contributed by atoms with Crippen molar-refractivity contribution < 1.29 is 0 Å². The molecule has 0 atom stereocenters. The van der Waals surface area contributed by atoms with Crippen molar-refractivity contribution >= 4 is 22.9 Å². The van der Waals surface area contributed by atoms with Crippen LogP contribution in [0.5, 0.6) is 0 Å². The van der Waals surface area contributed by atoms with Gasteiger partial charge in [-0.1, -0.05) is 23.7 Å². The highest BCUT2D eigenvalue weighted by Gasteiger charge is 2.02. The second kappa shape index (κ2) is 2.26. The molecule has 0 N–H and O–H groups in total. The van der Waals surface area contributed by atoms with E-state index in [9.17, 15) is 0 Å². The number of rotatable bonds is 0. The Bertz CT molecular complexity index is 283. The molecular weight excluding hydrogens is 164 g/mol. The van der Waals surface area contributed by atoms with Crippen LogP contribution in [-0.4, -0.2) is 0 Å². The monoisotopic (exact) mass is 168 g/mol. The van der Waals surface area contributed by atoms with E-state index >= 15 is 0 Å². The van der Waals surface area contributed by atoms with Crippen LogP contribution in [0.4, 0.5) is 0 Å². The lowest BCUT2D eigenvalue weighted by Gasteiger charge is -1.91. The first-order chi connectivity index (χ1) is 4.86. The normalized spacial score (nSPS) is 10.5. The van der Waals surface area contributed by atoms with Gasteiger partial charge in [0.25, 0.3) is 0 Å². The molecular formula is C8H5ClS. The standard InChI is InChI=1S/C8H5ClS/c9-7-4-6-2-1-3-10-8(6)5-7/h1-5H. The molecule has 0 unspecified atom stereocenters. The van der Waals surface area contributed by atoms with Crippen LogP contribution in [0.3, 0.4) is 0 Å². The fraction of sp³-hybridized carbons (Fsp3) is 0. The molecule has 0 nitrogen and oxygen atoms in total. The van der Waals surface area contributed by atoms with E-state index < -0.39 is 0 Å². The summed E-state index contributed by atoms with van der Waals surface area (Å²) in [7, 11) is 0. The molecule has 2 heteroatoms. The molecule has 0 saturated carbocycles. The molecule has 0 spiro atoms. The number of fused-ring (bicyclic) bond motifs is 1. The van der Waals surface area contributed by atoms with Gasteiger partial charge in [0.1, 0.15) is 0 Å². The van der Waals surface area contributed by atoms with Crippen LogP contribution in [0.1, 0.15) is 0 Å². The first-order valence-corrected chi connectivity index (χ1v) is 4.25. The number of halogens is 1. The Morgan fingerprint density at radius 2 is 2.20 bits per heavy atom. The van der Waals surface area contributed by atoms with Crippen LogP contribution in [0, 0.1) is 0 Å². The minimum absolute atomic E-state index is 0.831. The van der Waals surface area contributed by atoms with Crippen LogP contribution in [0.2, 0.25) is 5.02 Å². The van der Waals surface area contributed by atoms with Gasteiger partial charge < -0.3 is 0 Å². The van der Waals surface area contributed by atoms with Crippen LogP contribution in [-0.2, 0) is 0 Å². The Balaban J connectivity index is 2.76. The Labute approximate surface area is 68.4 Å². The Morgan fingerprint density at radius 1 is 1.30 bits per heavy atom. The molecule has 0 fully saturated rings. The number of hydrogen-bond acceptors (Lipinski definition) is 1. The molecule has 1 heterocycles. The van der Waals surface area contributed by atoms with E-state index in [1.165, 1.54) is 10.4 Å². The van der Waals surface area contributed by atoms with Crippen molar-refractivity contribution in [3.63, 3.8) is 0 Å². The highest BCUT2D eigenvalue weighted by molar-refractivity contribution is 7.13. The zero-order valence-electron chi connectivity index (χ0n) is 5.17. The summed E-state index contributed by atoms with van der Waals surface area (Å²) in [5, 5.41) is 2.89. The molecule has 0 bridgehead atoms. The van der Waals surface area contributed by atoms with Crippen molar-refractivity contribution in [2.75, 3.05) is 0 Å². The summed E-state index contributed by atoms with van der Waals surface area (Å²) in [5.74, 6) is 0. The van der Waals surface area contributed by atoms with Crippen LogP contribution in [0.25, 0.3) is 10.4 Å². The van der Waals surface area contributed by atoms with Crippen molar-refractivity contribution in [1.29, 1.82) is 0 Å². The van der Waals surface area contributed by atoms with Gasteiger partial charge in [0.05, 0.1) is 0 Å². The first-order valence-electron chi connectivity index (χ1n) is 2.99. The molecule has 1 aliphatic carbocycles. The third-order valence-corrected chi connectivity index (χ3v) is 2.52. The fourth-order valence-electron chi connectivity index (χ4n) is 0.958. The molecule has 50 valence electrons. The van der Waals surface area contributed by atoms with Crippen LogP contribution < -0.4 is 0 Å². The molecule has 1 aliphatic heterocycles. The van der Waals surface area contributed by atoms with E-state index in [2.05, 4.69) is 11.4 Å². The topological polar surface area (TPSA) is 0 Å². The average molecular weight is 169 g/mol. The quantitative estimate of drug-likeness (QED) is 0.565. The van der Waals surface area contributed by atoms with E-state index in [4.69, 9.17) is 11.6 Å². The summed E-state index contributed by atoms with van der Waals surface area (Å²) >= 11 is 7.50. The van der Waals surface area contributed by atoms with Gasteiger partial charge in [-0.15, -0.1) is 11.3 Å². The third kappa shape index (κ3) is 0.917. The molecule has 0 saturated heterocycles. The lowest BCUT2D eigenvalue weighted by atomic mass is 10.3. The maximum atomic E-state index is 5.79. The van der Waals surface area contributed by atoms with E-state index in [1.807, 2.05) is 18.2 Å². The smallest absolute Gasteiger partial charge is 0.0426 e. The zero-order chi connectivity index (χ0) is 6.97. The number of hydrogen-bond donors (Lipinski definition) is 0. The highest BCUT2D eigenvalue weighted by atomic mass is 35.5. The largest absolute Gasteiger partial charge is 0.144 e. The molecule has 0 amide bonds. The SMILES string of the molecule is Clc1cc2cccsc-2c1. The van der Waals surface area contributed by atoms with E-state index in [-0.39, 0.29) is 0 Å². The van der Waals surface area contributed by atoms with Crippen LogP contribution >= 0.6 is 22.9 Å². The molecule has 10 heavy (non-hydrogen) atoms. The summed E-state index contributed by atoms with van der Waals surface area (Å²) in [5.41, 5.74) is 1.23.